The van der Waals surface area contributed by atoms with Gasteiger partial charge in [0.25, 0.3) is 0 Å². The number of allylic oxidation sites excluding steroid dienone is 10. The number of aliphatic hydroxyl groups is 2. The second kappa shape index (κ2) is 57.4. The normalized spacial score (nSPS) is 13.2. The van der Waals surface area contributed by atoms with Gasteiger partial charge < -0.3 is 15.5 Å². The third-order valence-electron chi connectivity index (χ3n) is 13.5. The Balaban J connectivity index is 3.43. The lowest BCUT2D eigenvalue weighted by molar-refractivity contribution is -0.123. The van der Waals surface area contributed by atoms with Crippen LogP contribution in [-0.2, 0) is 4.79 Å². The quantitative estimate of drug-likeness (QED) is 0.0420. The zero-order valence-corrected chi connectivity index (χ0v) is 44.5. The van der Waals surface area contributed by atoms with Crippen molar-refractivity contribution in [3.63, 3.8) is 0 Å². The molecule has 0 rings (SSSR count). The summed E-state index contributed by atoms with van der Waals surface area (Å²) >= 11 is 0. The van der Waals surface area contributed by atoms with Gasteiger partial charge in [0, 0.05) is 6.42 Å². The van der Waals surface area contributed by atoms with Crippen molar-refractivity contribution in [3.8, 4) is 0 Å². The van der Waals surface area contributed by atoms with E-state index in [1.54, 1.807) is 0 Å². The largest absolute Gasteiger partial charge is 0.394 e. The summed E-state index contributed by atoms with van der Waals surface area (Å²) in [4.78, 5) is 12.5. The van der Waals surface area contributed by atoms with Crippen LogP contribution in [0.15, 0.2) is 60.8 Å². The van der Waals surface area contributed by atoms with Crippen LogP contribution in [0.4, 0.5) is 0 Å². The first-order chi connectivity index (χ1) is 32.7. The number of rotatable bonds is 54. The molecule has 1 amide bonds. The maximum absolute atomic E-state index is 12.5. The van der Waals surface area contributed by atoms with Gasteiger partial charge >= 0.3 is 0 Å². The summed E-state index contributed by atoms with van der Waals surface area (Å²) in [5.41, 5.74) is 0. The monoisotopic (exact) mass is 922 g/mol. The van der Waals surface area contributed by atoms with Crippen LogP contribution in [0, 0.1) is 0 Å². The Morgan fingerprint density at radius 3 is 1.00 bits per heavy atom. The van der Waals surface area contributed by atoms with Crippen molar-refractivity contribution in [3.05, 3.63) is 60.8 Å². The SMILES string of the molecule is CC/C=C\C/C=C\C/C=C\C/C=C\C/C=C\CCCCCCCCCCCCCCCCCCCCCC(=O)NC(CO)C(O)CCCCCCCCCCCCCCCCCCCCC. The van der Waals surface area contributed by atoms with E-state index in [1.807, 2.05) is 0 Å². The van der Waals surface area contributed by atoms with E-state index in [1.165, 1.54) is 225 Å². The van der Waals surface area contributed by atoms with E-state index < -0.39 is 12.1 Å². The van der Waals surface area contributed by atoms with Gasteiger partial charge in [0.1, 0.15) is 0 Å². The van der Waals surface area contributed by atoms with Crippen LogP contribution in [0.25, 0.3) is 0 Å². The Morgan fingerprint density at radius 2 is 0.667 bits per heavy atom. The summed E-state index contributed by atoms with van der Waals surface area (Å²) in [6.07, 6.45) is 80.8. The molecule has 3 N–H and O–H groups in total. The number of unbranched alkanes of at least 4 members (excludes halogenated alkanes) is 37. The number of nitrogens with one attached hydrogen (secondary N) is 1. The fourth-order valence-electron chi connectivity index (χ4n) is 9.10. The van der Waals surface area contributed by atoms with E-state index in [0.717, 1.165) is 57.8 Å². The van der Waals surface area contributed by atoms with Gasteiger partial charge in [-0.3, -0.25) is 4.79 Å². The van der Waals surface area contributed by atoms with Crippen LogP contribution in [0.1, 0.15) is 309 Å². The average Bonchev–Trinajstić information content (AvgIpc) is 3.32. The fraction of sp³-hybridized carbons (Fsp3) is 0.823. The van der Waals surface area contributed by atoms with E-state index in [0.29, 0.717) is 12.8 Å². The Bertz CT molecular complexity index is 1090. The zero-order valence-electron chi connectivity index (χ0n) is 44.5. The molecule has 0 heterocycles. The van der Waals surface area contributed by atoms with Gasteiger partial charge in [0.2, 0.25) is 5.91 Å². The molecule has 0 saturated carbocycles. The first-order valence-corrected chi connectivity index (χ1v) is 29.5. The molecule has 0 aromatic rings. The molecule has 0 aliphatic carbocycles. The lowest BCUT2D eigenvalue weighted by atomic mass is 10.0. The predicted octanol–water partition coefficient (Wildman–Crippen LogP) is 19.6. The molecule has 0 radical (unpaired) electrons. The van der Waals surface area contributed by atoms with Gasteiger partial charge in [0.05, 0.1) is 18.8 Å². The summed E-state index contributed by atoms with van der Waals surface area (Å²) in [5.74, 6) is -0.0271. The molecular weight excluding hydrogens is 807 g/mol. The first-order valence-electron chi connectivity index (χ1n) is 29.5. The minimum atomic E-state index is -0.660. The molecule has 4 nitrogen and oxygen atoms in total. The molecule has 0 aliphatic heterocycles. The molecule has 386 valence electrons. The molecule has 2 atom stereocenters. The summed E-state index contributed by atoms with van der Waals surface area (Å²) in [6, 6.07) is -0.537. The third-order valence-corrected chi connectivity index (χ3v) is 13.5. The van der Waals surface area contributed by atoms with Gasteiger partial charge in [-0.25, -0.2) is 0 Å². The van der Waals surface area contributed by atoms with E-state index in [4.69, 9.17) is 0 Å². The topological polar surface area (TPSA) is 69.6 Å². The molecule has 0 aromatic heterocycles. The standard InChI is InChI=1S/C62H115NO3/c1-3-5-7-9-11-13-15-17-19-21-23-24-25-26-27-28-29-30-31-32-33-34-35-36-37-38-40-42-44-46-48-50-52-54-56-58-62(66)63-60(59-64)61(65)57-55-53-51-49-47-45-43-41-39-22-20-18-16-14-12-10-8-6-4-2/h5,7,11,13,17,19,23-24,26-27,60-61,64-65H,3-4,6,8-10,12,14-16,18,20-22,25,28-59H2,1-2H3,(H,63,66)/b7-5-,13-11-,19-17-,24-23-,27-26-. The number of hydrogen-bond acceptors (Lipinski definition) is 3. The molecule has 66 heavy (non-hydrogen) atoms. The number of aliphatic hydroxyl groups excluding tert-OH is 2. The fourth-order valence-corrected chi connectivity index (χ4v) is 9.10. The van der Waals surface area contributed by atoms with Gasteiger partial charge in [-0.15, -0.1) is 0 Å². The molecule has 0 aliphatic rings. The van der Waals surface area contributed by atoms with Crippen molar-refractivity contribution in [1.82, 2.24) is 5.32 Å². The number of carbonyl (C=O) groups excluding carboxylic acids is 1. The Hall–Kier alpha value is -1.91. The first kappa shape index (κ1) is 64.1. The molecule has 4 heteroatoms. The van der Waals surface area contributed by atoms with Crippen LogP contribution in [0.3, 0.4) is 0 Å². The average molecular weight is 923 g/mol. The van der Waals surface area contributed by atoms with Crippen molar-refractivity contribution >= 4 is 5.91 Å². The molecular formula is C62H115NO3. The molecule has 0 fully saturated rings. The Kier molecular flexibility index (Phi) is 55.7. The van der Waals surface area contributed by atoms with Crippen LogP contribution in [0.5, 0.6) is 0 Å². The van der Waals surface area contributed by atoms with Crippen molar-refractivity contribution in [1.29, 1.82) is 0 Å². The summed E-state index contributed by atoms with van der Waals surface area (Å²) in [5, 5.41) is 23.4. The van der Waals surface area contributed by atoms with E-state index in [2.05, 4.69) is 79.9 Å². The van der Waals surface area contributed by atoms with Gasteiger partial charge in [-0.05, 0) is 57.8 Å². The smallest absolute Gasteiger partial charge is 0.220 e. The van der Waals surface area contributed by atoms with Crippen molar-refractivity contribution in [2.24, 2.45) is 0 Å². The van der Waals surface area contributed by atoms with Crippen LogP contribution in [-0.4, -0.2) is 34.9 Å². The van der Waals surface area contributed by atoms with E-state index in [9.17, 15) is 15.0 Å². The minimum Gasteiger partial charge on any atom is -0.394 e. The van der Waals surface area contributed by atoms with Crippen molar-refractivity contribution in [2.75, 3.05) is 6.61 Å². The van der Waals surface area contributed by atoms with E-state index >= 15 is 0 Å². The van der Waals surface area contributed by atoms with Crippen molar-refractivity contribution < 1.29 is 15.0 Å². The van der Waals surface area contributed by atoms with Crippen LogP contribution in [0.2, 0.25) is 0 Å². The maximum Gasteiger partial charge on any atom is 0.220 e. The predicted molar refractivity (Wildman–Crippen MR) is 294 cm³/mol. The van der Waals surface area contributed by atoms with Crippen molar-refractivity contribution in [2.45, 2.75) is 321 Å². The summed E-state index contributed by atoms with van der Waals surface area (Å²) < 4.78 is 0. The highest BCUT2D eigenvalue weighted by Crippen LogP contribution is 2.18. The highest BCUT2D eigenvalue weighted by molar-refractivity contribution is 5.76. The summed E-state index contributed by atoms with van der Waals surface area (Å²) in [6.45, 7) is 4.27. The number of hydrogen-bond donors (Lipinski definition) is 3. The van der Waals surface area contributed by atoms with Gasteiger partial charge in [-0.2, -0.15) is 0 Å². The highest BCUT2D eigenvalue weighted by atomic mass is 16.3. The third kappa shape index (κ3) is 53.1. The molecule has 0 aromatic carbocycles. The molecule has 0 spiro atoms. The highest BCUT2D eigenvalue weighted by Gasteiger charge is 2.20. The molecule has 0 bridgehead atoms. The maximum atomic E-state index is 12.5. The summed E-state index contributed by atoms with van der Waals surface area (Å²) in [7, 11) is 0. The zero-order chi connectivity index (χ0) is 47.7. The molecule has 0 saturated heterocycles. The van der Waals surface area contributed by atoms with Crippen LogP contribution >= 0.6 is 0 Å². The lowest BCUT2D eigenvalue weighted by Gasteiger charge is -2.22. The minimum absolute atomic E-state index is 0.0271. The lowest BCUT2D eigenvalue weighted by Crippen LogP contribution is -2.45. The second-order valence-electron chi connectivity index (χ2n) is 20.0. The van der Waals surface area contributed by atoms with Gasteiger partial charge in [0.15, 0.2) is 0 Å². The van der Waals surface area contributed by atoms with Gasteiger partial charge in [-0.1, -0.05) is 306 Å². The Morgan fingerprint density at radius 1 is 0.379 bits per heavy atom. The number of amides is 1. The second-order valence-corrected chi connectivity index (χ2v) is 20.0. The Labute approximate surface area is 413 Å². The van der Waals surface area contributed by atoms with E-state index in [-0.39, 0.29) is 12.5 Å². The molecule has 2 unspecified atom stereocenters. The van der Waals surface area contributed by atoms with Crippen LogP contribution < -0.4 is 5.32 Å². The number of carbonyl (C=O) groups is 1.